The number of nitrogens with zero attached hydrogens (tertiary/aromatic N) is 3. The highest BCUT2D eigenvalue weighted by molar-refractivity contribution is 7.18. The number of hydrogen-bond donors (Lipinski definition) is 2. The van der Waals surface area contributed by atoms with Crippen molar-refractivity contribution >= 4 is 39.8 Å². The van der Waals surface area contributed by atoms with Crippen molar-refractivity contribution in [3.63, 3.8) is 0 Å². The Morgan fingerprint density at radius 1 is 1.44 bits per heavy atom. The van der Waals surface area contributed by atoms with Crippen LogP contribution in [0.3, 0.4) is 0 Å². The average molecular weight is 367 g/mol. The summed E-state index contributed by atoms with van der Waals surface area (Å²) < 4.78 is 5.75. The van der Waals surface area contributed by atoms with Gasteiger partial charge < -0.3 is 15.8 Å². The molecule has 0 saturated carbocycles. The topological polar surface area (TPSA) is 159 Å². The van der Waals surface area contributed by atoms with Crippen molar-refractivity contribution in [1.29, 1.82) is 0 Å². The normalized spacial score (nSPS) is 10.4. The van der Waals surface area contributed by atoms with Gasteiger partial charge in [-0.25, -0.2) is 4.79 Å². The van der Waals surface area contributed by atoms with E-state index in [9.17, 15) is 24.5 Å². The zero-order valence-electron chi connectivity index (χ0n) is 13.4. The number of aryl methyl sites for hydroxylation is 1. The summed E-state index contributed by atoms with van der Waals surface area (Å²) in [6.45, 7) is 1.47. The summed E-state index contributed by atoms with van der Waals surface area (Å²) >= 11 is 0.770. The lowest BCUT2D eigenvalue weighted by Crippen LogP contribution is -2.16. The van der Waals surface area contributed by atoms with Crippen molar-refractivity contribution in [2.75, 3.05) is 12.4 Å². The van der Waals surface area contributed by atoms with Crippen LogP contribution in [-0.2, 0) is 11.8 Å². The third-order valence-corrected chi connectivity index (χ3v) is 4.43. The molecule has 2 rings (SSSR count). The minimum Gasteiger partial charge on any atom is -0.465 e. The highest BCUT2D eigenvalue weighted by Gasteiger charge is 2.29. The van der Waals surface area contributed by atoms with Crippen LogP contribution in [0, 0.1) is 17.0 Å². The first-order valence-electron chi connectivity index (χ1n) is 6.68. The molecule has 2 aromatic heterocycles. The third kappa shape index (κ3) is 3.33. The molecule has 2 aromatic rings. The van der Waals surface area contributed by atoms with Crippen LogP contribution < -0.4 is 11.1 Å². The van der Waals surface area contributed by atoms with Crippen LogP contribution in [0.15, 0.2) is 6.20 Å². The van der Waals surface area contributed by atoms with Gasteiger partial charge in [0, 0.05) is 7.05 Å². The first kappa shape index (κ1) is 18.1. The summed E-state index contributed by atoms with van der Waals surface area (Å²) in [7, 11) is 2.56. The molecule has 0 fully saturated rings. The van der Waals surface area contributed by atoms with E-state index in [4.69, 9.17) is 5.73 Å². The molecule has 3 N–H and O–H groups in total. The van der Waals surface area contributed by atoms with Gasteiger partial charge in [-0.05, 0) is 12.5 Å². The van der Waals surface area contributed by atoms with E-state index < -0.39 is 34.1 Å². The fourth-order valence-electron chi connectivity index (χ4n) is 2.12. The minimum atomic E-state index is -0.908. The Kier molecular flexibility index (Phi) is 4.83. The van der Waals surface area contributed by atoms with Crippen LogP contribution in [0.1, 0.15) is 36.1 Å². The van der Waals surface area contributed by atoms with Crippen molar-refractivity contribution in [2.45, 2.75) is 6.92 Å². The average Bonchev–Trinajstić information content (AvgIpc) is 3.07. The maximum atomic E-state index is 12.4. The second-order valence-electron chi connectivity index (χ2n) is 4.86. The molecule has 0 spiro atoms. The number of nitrogens with two attached hydrogens (primary N) is 1. The van der Waals surface area contributed by atoms with Gasteiger partial charge in [0.15, 0.2) is 0 Å². The highest BCUT2D eigenvalue weighted by Crippen LogP contribution is 2.34. The number of amides is 2. The maximum absolute atomic E-state index is 12.4. The quantitative estimate of drug-likeness (QED) is 0.450. The number of carbonyl (C=O) groups is 3. The minimum absolute atomic E-state index is 0.0110. The summed E-state index contributed by atoms with van der Waals surface area (Å²) in [6.07, 6.45) is 1.07. The zero-order valence-corrected chi connectivity index (χ0v) is 14.2. The van der Waals surface area contributed by atoms with E-state index in [1.54, 1.807) is 0 Å². The number of nitro groups is 1. The Hall–Kier alpha value is -3.28. The number of anilines is 1. The van der Waals surface area contributed by atoms with Crippen LogP contribution in [-0.4, -0.2) is 39.6 Å². The number of rotatable bonds is 5. The molecule has 0 atom stereocenters. The van der Waals surface area contributed by atoms with E-state index in [0.717, 1.165) is 29.3 Å². The number of carbonyl (C=O) groups excluding carboxylic acids is 3. The zero-order chi connectivity index (χ0) is 18.9. The number of methoxy groups -OCH3 is 1. The molecule has 25 heavy (non-hydrogen) atoms. The summed E-state index contributed by atoms with van der Waals surface area (Å²) in [5, 5.41) is 17.1. The lowest BCUT2D eigenvalue weighted by atomic mass is 10.1. The molecule has 0 aliphatic rings. The van der Waals surface area contributed by atoms with Gasteiger partial charge in [0.1, 0.15) is 11.2 Å². The number of aromatic nitrogens is 2. The van der Waals surface area contributed by atoms with Gasteiger partial charge in [0.05, 0.1) is 22.5 Å². The second kappa shape index (κ2) is 6.68. The second-order valence-corrected chi connectivity index (χ2v) is 5.88. The van der Waals surface area contributed by atoms with Gasteiger partial charge in [-0.1, -0.05) is 0 Å². The van der Waals surface area contributed by atoms with Gasteiger partial charge in [-0.2, -0.15) is 5.10 Å². The van der Waals surface area contributed by atoms with Crippen LogP contribution in [0.4, 0.5) is 10.7 Å². The van der Waals surface area contributed by atoms with Gasteiger partial charge in [0.2, 0.25) is 5.69 Å². The van der Waals surface area contributed by atoms with E-state index in [1.165, 1.54) is 14.0 Å². The molecule has 2 amide bonds. The van der Waals surface area contributed by atoms with Gasteiger partial charge >= 0.3 is 11.7 Å². The number of hydrogen-bond acceptors (Lipinski definition) is 8. The van der Waals surface area contributed by atoms with Gasteiger partial charge in [-0.15, -0.1) is 11.3 Å². The molecule has 0 radical (unpaired) electrons. The summed E-state index contributed by atoms with van der Waals surface area (Å²) in [5.74, 6) is -2.47. The molecular formula is C13H13N5O6S. The van der Waals surface area contributed by atoms with Gasteiger partial charge in [-0.3, -0.25) is 24.4 Å². The molecule has 0 aliphatic heterocycles. The molecule has 0 unspecified atom stereocenters. The largest absolute Gasteiger partial charge is 0.465 e. The molecule has 0 saturated heterocycles. The fourth-order valence-corrected chi connectivity index (χ4v) is 3.16. The first-order chi connectivity index (χ1) is 11.7. The molecule has 132 valence electrons. The molecule has 0 aromatic carbocycles. The van der Waals surface area contributed by atoms with Crippen molar-refractivity contribution in [1.82, 2.24) is 9.78 Å². The number of esters is 1. The number of thiophene rings is 1. The highest BCUT2D eigenvalue weighted by atomic mass is 32.1. The fraction of sp³-hybridized carbons (Fsp3) is 0.231. The monoisotopic (exact) mass is 367 g/mol. The molecule has 12 heteroatoms. The van der Waals surface area contributed by atoms with Crippen molar-refractivity contribution in [3.05, 3.63) is 38.0 Å². The molecule has 0 bridgehead atoms. The lowest BCUT2D eigenvalue weighted by Gasteiger charge is -2.04. The number of ether oxygens (including phenoxy) is 1. The summed E-state index contributed by atoms with van der Waals surface area (Å²) in [6, 6.07) is 0. The van der Waals surface area contributed by atoms with E-state index in [2.05, 4.69) is 15.2 Å². The Bertz CT molecular complexity index is 899. The van der Waals surface area contributed by atoms with E-state index >= 15 is 0 Å². The smallest absolute Gasteiger partial charge is 0.341 e. The van der Waals surface area contributed by atoms with E-state index in [-0.39, 0.29) is 21.0 Å². The predicted molar refractivity (Wildman–Crippen MR) is 86.7 cm³/mol. The van der Waals surface area contributed by atoms with Crippen molar-refractivity contribution in [2.24, 2.45) is 12.8 Å². The molecule has 0 aliphatic carbocycles. The number of nitrogens with one attached hydrogen (secondary N) is 1. The van der Waals surface area contributed by atoms with Crippen molar-refractivity contribution in [3.8, 4) is 0 Å². The van der Waals surface area contributed by atoms with Crippen molar-refractivity contribution < 1.29 is 24.0 Å². The molecular weight excluding hydrogens is 354 g/mol. The summed E-state index contributed by atoms with van der Waals surface area (Å²) in [4.78, 5) is 46.1. The first-order valence-corrected chi connectivity index (χ1v) is 7.49. The lowest BCUT2D eigenvalue weighted by molar-refractivity contribution is -0.385. The Labute approximate surface area is 144 Å². The van der Waals surface area contributed by atoms with Gasteiger partial charge in [0.25, 0.3) is 11.8 Å². The molecule has 2 heterocycles. The Morgan fingerprint density at radius 3 is 2.60 bits per heavy atom. The molecule has 11 nitrogen and oxygen atoms in total. The maximum Gasteiger partial charge on any atom is 0.341 e. The predicted octanol–water partition coefficient (Wildman–Crippen LogP) is 0.836. The summed E-state index contributed by atoms with van der Waals surface area (Å²) in [5.41, 5.74) is 4.51. The SMILES string of the molecule is COC(=O)c1c(NC(=O)c2nn(C)cc2[N+](=O)[O-])sc(C(N)=O)c1C. The Morgan fingerprint density at radius 2 is 2.08 bits per heavy atom. The van der Waals surface area contributed by atoms with E-state index in [0.29, 0.717) is 0 Å². The van der Waals surface area contributed by atoms with Crippen LogP contribution in [0.2, 0.25) is 0 Å². The van der Waals surface area contributed by atoms with Crippen LogP contribution in [0.25, 0.3) is 0 Å². The Balaban J connectivity index is 2.48. The third-order valence-electron chi connectivity index (χ3n) is 3.21. The standard InChI is InChI=1S/C13H13N5O6S/c1-5-7(13(21)24-3)12(25-9(5)10(14)19)15-11(20)8-6(18(22)23)4-17(2)16-8/h4H,1-3H3,(H2,14,19)(H,15,20). The van der Waals surface area contributed by atoms with Crippen LogP contribution >= 0.6 is 11.3 Å². The van der Waals surface area contributed by atoms with Crippen LogP contribution in [0.5, 0.6) is 0 Å². The van der Waals surface area contributed by atoms with E-state index in [1.807, 2.05) is 0 Å². The number of primary amides is 1.